The van der Waals surface area contributed by atoms with Crippen LogP contribution < -0.4 is 10.1 Å². The molecule has 1 aromatic carbocycles. The first-order chi connectivity index (χ1) is 8.85. The molecule has 0 saturated heterocycles. The Morgan fingerprint density at radius 2 is 2.28 bits per heavy atom. The molecule has 100 valence electrons. The second kappa shape index (κ2) is 6.76. The molecule has 3 heteroatoms. The maximum absolute atomic E-state index is 5.54. The summed E-state index contributed by atoms with van der Waals surface area (Å²) in [6.45, 7) is 5.57. The van der Waals surface area contributed by atoms with Crippen LogP contribution in [0.25, 0.3) is 0 Å². The standard InChI is InChI=1S/C15H23NO2/c1-3-18-14-6-4-5-12(9-14)15-10-13(15)11-16-7-8-17-2/h4-6,9,13,15-16H,3,7-8,10-11H2,1-2H3. The number of ether oxygens (including phenoxy) is 2. The van der Waals surface area contributed by atoms with Crippen molar-refractivity contribution in [2.45, 2.75) is 19.3 Å². The first-order valence-electron chi connectivity index (χ1n) is 6.77. The van der Waals surface area contributed by atoms with Gasteiger partial charge in [0.15, 0.2) is 0 Å². The zero-order valence-corrected chi connectivity index (χ0v) is 11.3. The van der Waals surface area contributed by atoms with Crippen molar-refractivity contribution in [3.05, 3.63) is 29.8 Å². The molecule has 2 rings (SSSR count). The monoisotopic (exact) mass is 249 g/mol. The second-order valence-corrected chi connectivity index (χ2v) is 4.80. The van der Waals surface area contributed by atoms with Crippen LogP contribution in [-0.2, 0) is 4.74 Å². The van der Waals surface area contributed by atoms with Gasteiger partial charge in [0.25, 0.3) is 0 Å². The van der Waals surface area contributed by atoms with Gasteiger partial charge in [-0.05, 0) is 49.4 Å². The molecule has 0 aromatic heterocycles. The third kappa shape index (κ3) is 3.72. The molecule has 3 nitrogen and oxygen atoms in total. The van der Waals surface area contributed by atoms with Crippen molar-refractivity contribution in [1.82, 2.24) is 5.32 Å². The molecule has 1 aliphatic rings. The van der Waals surface area contributed by atoms with E-state index in [-0.39, 0.29) is 0 Å². The van der Waals surface area contributed by atoms with Gasteiger partial charge in [-0.3, -0.25) is 0 Å². The molecule has 1 N–H and O–H groups in total. The number of nitrogens with one attached hydrogen (secondary N) is 1. The molecule has 0 aliphatic heterocycles. The van der Waals surface area contributed by atoms with Crippen molar-refractivity contribution in [2.75, 3.05) is 33.4 Å². The predicted octanol–water partition coefficient (Wildman–Crippen LogP) is 2.42. The molecule has 0 spiro atoms. The fraction of sp³-hybridized carbons (Fsp3) is 0.600. The van der Waals surface area contributed by atoms with Crippen LogP contribution in [0.4, 0.5) is 0 Å². The molecule has 1 fully saturated rings. The number of methoxy groups -OCH3 is 1. The number of hydrogen-bond acceptors (Lipinski definition) is 3. The zero-order valence-electron chi connectivity index (χ0n) is 11.3. The topological polar surface area (TPSA) is 30.5 Å². The molecule has 0 radical (unpaired) electrons. The highest BCUT2D eigenvalue weighted by molar-refractivity contribution is 5.34. The van der Waals surface area contributed by atoms with Crippen molar-refractivity contribution in [2.24, 2.45) is 5.92 Å². The predicted molar refractivity (Wildman–Crippen MR) is 73.2 cm³/mol. The van der Waals surface area contributed by atoms with Crippen molar-refractivity contribution in [1.29, 1.82) is 0 Å². The molecule has 18 heavy (non-hydrogen) atoms. The van der Waals surface area contributed by atoms with Crippen LogP contribution in [0.5, 0.6) is 5.75 Å². The van der Waals surface area contributed by atoms with Crippen LogP contribution in [0.15, 0.2) is 24.3 Å². The summed E-state index contributed by atoms with van der Waals surface area (Å²) in [5.41, 5.74) is 1.42. The molecule has 0 bridgehead atoms. The Hall–Kier alpha value is -1.06. The largest absolute Gasteiger partial charge is 0.494 e. The van der Waals surface area contributed by atoms with E-state index < -0.39 is 0 Å². The van der Waals surface area contributed by atoms with E-state index in [1.54, 1.807) is 7.11 Å². The summed E-state index contributed by atoms with van der Waals surface area (Å²) in [5, 5.41) is 3.43. The summed E-state index contributed by atoms with van der Waals surface area (Å²) in [7, 11) is 1.74. The lowest BCUT2D eigenvalue weighted by Gasteiger charge is -2.06. The third-order valence-electron chi connectivity index (χ3n) is 3.41. The Bertz CT molecular complexity index is 367. The Kier molecular flexibility index (Phi) is 5.02. The van der Waals surface area contributed by atoms with Crippen LogP contribution >= 0.6 is 0 Å². The van der Waals surface area contributed by atoms with Gasteiger partial charge in [-0.1, -0.05) is 12.1 Å². The molecular weight excluding hydrogens is 226 g/mol. The van der Waals surface area contributed by atoms with Gasteiger partial charge in [-0.25, -0.2) is 0 Å². The van der Waals surface area contributed by atoms with Crippen molar-refractivity contribution in [3.63, 3.8) is 0 Å². The number of hydrogen-bond donors (Lipinski definition) is 1. The van der Waals surface area contributed by atoms with Gasteiger partial charge in [0, 0.05) is 13.7 Å². The quantitative estimate of drug-likeness (QED) is 0.718. The lowest BCUT2D eigenvalue weighted by Crippen LogP contribution is -2.21. The van der Waals surface area contributed by atoms with E-state index in [2.05, 4.69) is 23.5 Å². The minimum absolute atomic E-state index is 0.709. The van der Waals surface area contributed by atoms with E-state index in [0.717, 1.165) is 38.0 Å². The molecule has 1 aromatic rings. The van der Waals surface area contributed by atoms with Gasteiger partial charge < -0.3 is 14.8 Å². The maximum atomic E-state index is 5.54. The van der Waals surface area contributed by atoms with Gasteiger partial charge >= 0.3 is 0 Å². The highest BCUT2D eigenvalue weighted by Gasteiger charge is 2.37. The van der Waals surface area contributed by atoms with Crippen LogP contribution in [0.2, 0.25) is 0 Å². The molecule has 0 amide bonds. The van der Waals surface area contributed by atoms with Gasteiger partial charge in [0.05, 0.1) is 13.2 Å². The molecule has 0 heterocycles. The minimum atomic E-state index is 0.709. The summed E-state index contributed by atoms with van der Waals surface area (Å²) in [6, 6.07) is 8.51. The normalized spacial score (nSPS) is 21.9. The van der Waals surface area contributed by atoms with Gasteiger partial charge in [-0.15, -0.1) is 0 Å². The maximum Gasteiger partial charge on any atom is 0.119 e. The summed E-state index contributed by atoms with van der Waals surface area (Å²) in [5.74, 6) is 2.48. The number of rotatable bonds is 8. The first kappa shape index (κ1) is 13.4. The van der Waals surface area contributed by atoms with Crippen molar-refractivity contribution in [3.8, 4) is 5.75 Å². The summed E-state index contributed by atoms with van der Waals surface area (Å²) in [6.07, 6.45) is 1.29. The molecule has 2 atom stereocenters. The minimum Gasteiger partial charge on any atom is -0.494 e. The van der Waals surface area contributed by atoms with Gasteiger partial charge in [0.1, 0.15) is 5.75 Å². The molecule has 1 aliphatic carbocycles. The second-order valence-electron chi connectivity index (χ2n) is 4.80. The Balaban J connectivity index is 1.78. The van der Waals surface area contributed by atoms with E-state index in [0.29, 0.717) is 5.92 Å². The van der Waals surface area contributed by atoms with Crippen LogP contribution in [-0.4, -0.2) is 33.4 Å². The molecule has 1 saturated carbocycles. The Labute approximate surface area is 109 Å². The summed E-state index contributed by atoms with van der Waals surface area (Å²) >= 11 is 0. The molecule has 2 unspecified atom stereocenters. The highest BCUT2D eigenvalue weighted by Crippen LogP contribution is 2.47. The molecular formula is C15H23NO2. The van der Waals surface area contributed by atoms with Crippen LogP contribution in [0.3, 0.4) is 0 Å². The highest BCUT2D eigenvalue weighted by atomic mass is 16.5. The first-order valence-corrected chi connectivity index (χ1v) is 6.77. The average molecular weight is 249 g/mol. The van der Waals surface area contributed by atoms with Crippen LogP contribution in [0.1, 0.15) is 24.8 Å². The van der Waals surface area contributed by atoms with Crippen LogP contribution in [0, 0.1) is 5.92 Å². The van der Waals surface area contributed by atoms with Gasteiger partial charge in [-0.2, -0.15) is 0 Å². The third-order valence-corrected chi connectivity index (χ3v) is 3.41. The van der Waals surface area contributed by atoms with Crippen molar-refractivity contribution >= 4 is 0 Å². The summed E-state index contributed by atoms with van der Waals surface area (Å²) < 4.78 is 10.6. The van der Waals surface area contributed by atoms with E-state index in [4.69, 9.17) is 9.47 Å². The summed E-state index contributed by atoms with van der Waals surface area (Å²) in [4.78, 5) is 0. The van der Waals surface area contributed by atoms with E-state index in [1.807, 2.05) is 13.0 Å². The van der Waals surface area contributed by atoms with E-state index >= 15 is 0 Å². The lowest BCUT2D eigenvalue weighted by molar-refractivity contribution is 0.199. The number of benzene rings is 1. The van der Waals surface area contributed by atoms with E-state index in [9.17, 15) is 0 Å². The lowest BCUT2D eigenvalue weighted by atomic mass is 10.1. The SMILES string of the molecule is CCOc1cccc(C2CC2CNCCOC)c1. The Morgan fingerprint density at radius 1 is 1.39 bits per heavy atom. The fourth-order valence-electron chi connectivity index (χ4n) is 2.34. The van der Waals surface area contributed by atoms with E-state index in [1.165, 1.54) is 12.0 Å². The van der Waals surface area contributed by atoms with Crippen molar-refractivity contribution < 1.29 is 9.47 Å². The average Bonchev–Trinajstić information content (AvgIpc) is 3.15. The Morgan fingerprint density at radius 3 is 3.06 bits per heavy atom. The fourth-order valence-corrected chi connectivity index (χ4v) is 2.34. The smallest absolute Gasteiger partial charge is 0.119 e. The van der Waals surface area contributed by atoms with Gasteiger partial charge in [0.2, 0.25) is 0 Å². The zero-order chi connectivity index (χ0) is 12.8.